The summed E-state index contributed by atoms with van der Waals surface area (Å²) in [5.74, 6) is 0.238. The van der Waals surface area contributed by atoms with Crippen LogP contribution in [0.2, 0.25) is 0 Å². The molecule has 0 bridgehead atoms. The second-order valence-electron chi connectivity index (χ2n) is 8.73. The Bertz CT molecular complexity index is 1080. The maximum atomic E-state index is 12.9. The third-order valence-electron chi connectivity index (χ3n) is 6.35. The third kappa shape index (κ3) is 4.61. The Morgan fingerprint density at radius 1 is 1.16 bits per heavy atom. The monoisotopic (exact) mass is 447 g/mol. The van der Waals surface area contributed by atoms with Crippen LogP contribution < -0.4 is 5.43 Å². The molecule has 0 saturated carbocycles. The molecule has 0 unspecified atom stereocenters. The lowest BCUT2D eigenvalue weighted by Crippen LogP contribution is -2.53. The van der Waals surface area contributed by atoms with E-state index in [0.717, 1.165) is 28.5 Å². The van der Waals surface area contributed by atoms with Gasteiger partial charge in [-0.3, -0.25) is 4.79 Å². The van der Waals surface area contributed by atoms with Crippen molar-refractivity contribution in [2.24, 2.45) is 0 Å². The zero-order valence-electron chi connectivity index (χ0n) is 17.6. The van der Waals surface area contributed by atoms with E-state index in [-0.39, 0.29) is 35.9 Å². The van der Waals surface area contributed by atoms with Gasteiger partial charge in [0.05, 0.1) is 11.0 Å². The minimum absolute atomic E-state index is 0.00298. The first-order chi connectivity index (χ1) is 14.7. The number of rotatable bonds is 5. The Morgan fingerprint density at radius 3 is 2.48 bits per heavy atom. The predicted octanol–water partition coefficient (Wildman–Crippen LogP) is 0.659. The Hall–Kier alpha value is -2.04. The van der Waals surface area contributed by atoms with Crippen molar-refractivity contribution in [1.82, 2.24) is 14.2 Å². The molecule has 1 aromatic heterocycles. The molecule has 0 aliphatic carbocycles. The summed E-state index contributed by atoms with van der Waals surface area (Å²) in [4.78, 5) is 17.3. The predicted molar refractivity (Wildman–Crippen MR) is 116 cm³/mol. The van der Waals surface area contributed by atoms with Crippen molar-refractivity contribution in [1.29, 1.82) is 0 Å². The fraction of sp³-hybridized carbons (Fsp3) is 0.500. The van der Waals surface area contributed by atoms with Gasteiger partial charge in [0, 0.05) is 49.1 Å². The molecule has 168 valence electrons. The first-order valence-corrected chi connectivity index (χ1v) is 12.0. The zero-order valence-corrected chi connectivity index (χ0v) is 18.4. The van der Waals surface area contributed by atoms with E-state index >= 15 is 0 Å². The number of benzene rings is 1. The minimum Gasteiger partial charge on any atom is -0.389 e. The van der Waals surface area contributed by atoms with Crippen molar-refractivity contribution in [2.75, 3.05) is 32.7 Å². The van der Waals surface area contributed by atoms with Crippen LogP contribution in [0.15, 0.2) is 52.2 Å². The van der Waals surface area contributed by atoms with Gasteiger partial charge in [0.1, 0.15) is 5.60 Å². The molecule has 3 N–H and O–H groups in total. The highest BCUT2D eigenvalue weighted by atomic mass is 32.2. The topological polar surface area (TPSA) is 114 Å². The van der Waals surface area contributed by atoms with Crippen molar-refractivity contribution in [3.8, 4) is 0 Å². The van der Waals surface area contributed by atoms with Crippen LogP contribution >= 0.6 is 0 Å². The summed E-state index contributed by atoms with van der Waals surface area (Å²) in [5, 5.41) is 21.6. The van der Waals surface area contributed by atoms with E-state index < -0.39 is 21.7 Å². The SMILES string of the molecule is Cc1cc(=O)cc(C2CCN(C[C@]3(O)CN(S(=O)(=O)c4ccccc4)C[C@H]3O)CC2)[nH]1. The van der Waals surface area contributed by atoms with E-state index in [1.54, 1.807) is 30.3 Å². The first-order valence-electron chi connectivity index (χ1n) is 10.6. The van der Waals surface area contributed by atoms with E-state index in [1.807, 2.05) is 6.92 Å². The molecule has 2 saturated heterocycles. The van der Waals surface area contributed by atoms with Crippen LogP contribution in [-0.2, 0) is 10.0 Å². The maximum Gasteiger partial charge on any atom is 0.243 e. The van der Waals surface area contributed by atoms with Gasteiger partial charge in [0.2, 0.25) is 10.0 Å². The number of hydrogen-bond acceptors (Lipinski definition) is 6. The largest absolute Gasteiger partial charge is 0.389 e. The molecule has 0 radical (unpaired) electrons. The van der Waals surface area contributed by atoms with E-state index in [4.69, 9.17) is 0 Å². The number of β-amino-alcohol motifs (C(OH)–C–C–N with tert-alkyl or cyclic N) is 2. The second-order valence-corrected chi connectivity index (χ2v) is 10.7. The van der Waals surface area contributed by atoms with E-state index in [1.165, 1.54) is 12.1 Å². The Morgan fingerprint density at radius 2 is 1.84 bits per heavy atom. The molecule has 3 heterocycles. The van der Waals surface area contributed by atoms with Crippen LogP contribution in [0.25, 0.3) is 0 Å². The molecule has 2 aliphatic heterocycles. The van der Waals surface area contributed by atoms with Crippen LogP contribution in [-0.4, -0.2) is 77.2 Å². The quantitative estimate of drug-likeness (QED) is 0.621. The lowest BCUT2D eigenvalue weighted by molar-refractivity contribution is -0.0639. The van der Waals surface area contributed by atoms with Gasteiger partial charge in [-0.15, -0.1) is 0 Å². The van der Waals surface area contributed by atoms with E-state index in [9.17, 15) is 23.4 Å². The number of aliphatic hydroxyl groups excluding tert-OH is 1. The number of aromatic amines is 1. The number of H-pyrrole nitrogens is 1. The van der Waals surface area contributed by atoms with Crippen LogP contribution in [0.5, 0.6) is 0 Å². The Kier molecular flexibility index (Phi) is 6.06. The van der Waals surface area contributed by atoms with Crippen LogP contribution in [0.3, 0.4) is 0 Å². The molecule has 31 heavy (non-hydrogen) atoms. The van der Waals surface area contributed by atoms with Crippen LogP contribution in [0, 0.1) is 6.92 Å². The van der Waals surface area contributed by atoms with Gasteiger partial charge >= 0.3 is 0 Å². The first kappa shape index (κ1) is 22.2. The number of hydrogen-bond donors (Lipinski definition) is 3. The van der Waals surface area contributed by atoms with Crippen molar-refractivity contribution >= 4 is 10.0 Å². The molecule has 4 rings (SSSR count). The zero-order chi connectivity index (χ0) is 22.2. The molecule has 2 aliphatic rings. The smallest absolute Gasteiger partial charge is 0.243 e. The Balaban J connectivity index is 1.40. The summed E-state index contributed by atoms with van der Waals surface area (Å²) in [5.41, 5.74) is 0.251. The highest BCUT2D eigenvalue weighted by Gasteiger charge is 2.49. The highest BCUT2D eigenvalue weighted by molar-refractivity contribution is 7.89. The number of likely N-dealkylation sites (tertiary alicyclic amines) is 1. The van der Waals surface area contributed by atoms with Crippen LogP contribution in [0.1, 0.15) is 30.1 Å². The number of aryl methyl sites for hydroxylation is 1. The van der Waals surface area contributed by atoms with Gasteiger partial charge in [0.25, 0.3) is 0 Å². The molecule has 8 nitrogen and oxygen atoms in total. The summed E-state index contributed by atoms with van der Waals surface area (Å²) in [7, 11) is -3.78. The fourth-order valence-corrected chi connectivity index (χ4v) is 6.17. The van der Waals surface area contributed by atoms with E-state index in [2.05, 4.69) is 9.88 Å². The second kappa shape index (κ2) is 8.48. The molecule has 2 atom stereocenters. The lowest BCUT2D eigenvalue weighted by atomic mass is 9.91. The molecule has 0 amide bonds. The number of nitrogens with zero attached hydrogens (tertiary/aromatic N) is 2. The van der Waals surface area contributed by atoms with Gasteiger partial charge < -0.3 is 20.1 Å². The summed E-state index contributed by atoms with van der Waals surface area (Å²) in [6, 6.07) is 11.3. The van der Waals surface area contributed by atoms with Gasteiger partial charge in [-0.05, 0) is 45.0 Å². The van der Waals surface area contributed by atoms with Gasteiger partial charge in [-0.25, -0.2) is 8.42 Å². The van der Waals surface area contributed by atoms with Gasteiger partial charge in [-0.2, -0.15) is 4.31 Å². The molecule has 2 aromatic rings. The standard InChI is InChI=1S/C22H29N3O5S/c1-16-11-18(26)12-20(23-16)17-7-9-24(10-8-17)14-22(28)15-25(13-21(22)27)31(29,30)19-5-3-2-4-6-19/h2-6,11-12,17,21,27-28H,7-10,13-15H2,1H3,(H,23,26)/t21-,22+/m1/s1. The number of pyridine rings is 1. The lowest BCUT2D eigenvalue weighted by Gasteiger charge is -2.37. The molecule has 1 aromatic carbocycles. The van der Waals surface area contributed by atoms with Crippen molar-refractivity contribution in [2.45, 2.75) is 42.3 Å². The molecular weight excluding hydrogens is 418 g/mol. The molecule has 2 fully saturated rings. The van der Waals surface area contributed by atoms with Crippen molar-refractivity contribution in [3.05, 3.63) is 64.1 Å². The number of nitrogens with one attached hydrogen (secondary N) is 1. The minimum atomic E-state index is -3.78. The van der Waals surface area contributed by atoms with Crippen molar-refractivity contribution < 1.29 is 18.6 Å². The van der Waals surface area contributed by atoms with Gasteiger partial charge in [-0.1, -0.05) is 18.2 Å². The summed E-state index contributed by atoms with van der Waals surface area (Å²) in [6.45, 7) is 3.19. The molecular formula is C22H29N3O5S. The summed E-state index contributed by atoms with van der Waals surface area (Å²) < 4.78 is 26.9. The number of piperidine rings is 1. The number of aliphatic hydroxyl groups is 2. The molecule has 9 heteroatoms. The van der Waals surface area contributed by atoms with E-state index in [0.29, 0.717) is 13.1 Å². The fourth-order valence-electron chi connectivity index (χ4n) is 4.64. The summed E-state index contributed by atoms with van der Waals surface area (Å²) in [6.07, 6.45) is 0.478. The maximum absolute atomic E-state index is 12.9. The highest BCUT2D eigenvalue weighted by Crippen LogP contribution is 2.31. The van der Waals surface area contributed by atoms with Gasteiger partial charge in [0.15, 0.2) is 5.43 Å². The molecule has 0 spiro atoms. The summed E-state index contributed by atoms with van der Waals surface area (Å²) >= 11 is 0. The normalized spacial score (nSPS) is 26.4. The third-order valence-corrected chi connectivity index (χ3v) is 8.18. The number of aromatic nitrogens is 1. The van der Waals surface area contributed by atoms with Crippen LogP contribution in [0.4, 0.5) is 0 Å². The van der Waals surface area contributed by atoms with Crippen molar-refractivity contribution in [3.63, 3.8) is 0 Å². The Labute approximate surface area is 182 Å². The average Bonchev–Trinajstić information content (AvgIpc) is 3.03. The average molecular weight is 448 g/mol. The number of sulfonamides is 1.